The highest BCUT2D eigenvalue weighted by molar-refractivity contribution is 5.89. The van der Waals surface area contributed by atoms with Crippen molar-refractivity contribution in [1.29, 1.82) is 0 Å². The van der Waals surface area contributed by atoms with Gasteiger partial charge >= 0.3 is 11.9 Å². The van der Waals surface area contributed by atoms with Gasteiger partial charge < -0.3 is 9.47 Å². The molecule has 136 valence electrons. The quantitative estimate of drug-likeness (QED) is 0.425. The smallest absolute Gasteiger partial charge is 0.338 e. The van der Waals surface area contributed by atoms with Crippen molar-refractivity contribution in [3.8, 4) is 22.6 Å². The Kier molecular flexibility index (Phi) is 7.02. The Bertz CT molecular complexity index is 851. The van der Waals surface area contributed by atoms with Gasteiger partial charge in [-0.3, -0.25) is 0 Å². The minimum Gasteiger partial charge on any atom is -0.423 e. The first-order valence-corrected chi connectivity index (χ1v) is 7.43. The van der Waals surface area contributed by atoms with Crippen LogP contribution in [0.5, 0.6) is 11.5 Å². The fraction of sp³-hybridized carbons (Fsp3) is 0.143. The summed E-state index contributed by atoms with van der Waals surface area (Å²) in [5.74, 6) is -1.66. The molecule has 0 fully saturated rings. The zero-order valence-electron chi connectivity index (χ0n) is 14.0. The number of ether oxygens (including phenoxy) is 2. The van der Waals surface area contributed by atoms with Gasteiger partial charge in [0.25, 0.3) is 0 Å². The molecule has 5 heteroatoms. The fourth-order valence-corrected chi connectivity index (χ4v) is 1.86. The Labute approximate surface area is 152 Å². The summed E-state index contributed by atoms with van der Waals surface area (Å²) in [4.78, 5) is 22.9. The average molecular weight is 356 g/mol. The molecule has 0 heterocycles. The lowest BCUT2D eigenvalue weighted by Gasteiger charge is -2.08. The normalized spacial score (nSPS) is 9.65. The SMILES string of the molecule is C.C=C(C)C(=O)Oc1ccc(-c2ccc(OC(=O)C(=C)C)c(F)c2)cc1. The van der Waals surface area contributed by atoms with Gasteiger partial charge in [0.15, 0.2) is 11.6 Å². The van der Waals surface area contributed by atoms with E-state index in [-0.39, 0.29) is 18.7 Å². The van der Waals surface area contributed by atoms with Crippen LogP contribution in [0.4, 0.5) is 4.39 Å². The van der Waals surface area contributed by atoms with E-state index in [9.17, 15) is 14.0 Å². The van der Waals surface area contributed by atoms with Crippen LogP contribution in [0.1, 0.15) is 21.3 Å². The van der Waals surface area contributed by atoms with Gasteiger partial charge in [-0.25, -0.2) is 14.0 Å². The molecule has 2 aromatic carbocycles. The maximum absolute atomic E-state index is 14.1. The summed E-state index contributed by atoms with van der Waals surface area (Å²) in [5.41, 5.74) is 1.78. The summed E-state index contributed by atoms with van der Waals surface area (Å²) in [7, 11) is 0. The van der Waals surface area contributed by atoms with Gasteiger partial charge in [-0.2, -0.15) is 0 Å². The molecular formula is C21H21FO4. The Morgan fingerprint density at radius 3 is 1.85 bits per heavy atom. The molecule has 0 unspecified atom stereocenters. The topological polar surface area (TPSA) is 52.6 Å². The van der Waals surface area contributed by atoms with Crippen LogP contribution in [0, 0.1) is 5.82 Å². The van der Waals surface area contributed by atoms with E-state index >= 15 is 0 Å². The van der Waals surface area contributed by atoms with Gasteiger partial charge in [0.2, 0.25) is 0 Å². The number of carbonyl (C=O) groups is 2. The first-order valence-electron chi connectivity index (χ1n) is 7.43. The van der Waals surface area contributed by atoms with Crippen molar-refractivity contribution in [1.82, 2.24) is 0 Å². The van der Waals surface area contributed by atoms with Gasteiger partial charge in [0.1, 0.15) is 5.75 Å². The van der Waals surface area contributed by atoms with Gasteiger partial charge in [-0.1, -0.05) is 38.8 Å². The standard InChI is InChI=1S/C20H17FO4.CH4/c1-12(2)19(22)24-16-8-5-14(6-9-16)15-7-10-18(17(21)11-15)25-20(23)13(3)4;/h5-11H,1,3H2,2,4H3;1H4. The molecule has 0 radical (unpaired) electrons. The number of esters is 2. The maximum Gasteiger partial charge on any atom is 0.338 e. The van der Waals surface area contributed by atoms with E-state index in [0.29, 0.717) is 22.4 Å². The summed E-state index contributed by atoms with van der Waals surface area (Å²) in [5, 5.41) is 0. The third-order valence-electron chi connectivity index (χ3n) is 3.23. The molecule has 0 spiro atoms. The van der Waals surface area contributed by atoms with Crippen LogP contribution in [-0.2, 0) is 9.59 Å². The number of hydrogen-bond donors (Lipinski definition) is 0. The van der Waals surface area contributed by atoms with Crippen molar-refractivity contribution in [3.05, 3.63) is 72.6 Å². The Morgan fingerprint density at radius 2 is 1.35 bits per heavy atom. The van der Waals surface area contributed by atoms with Crippen molar-refractivity contribution in [3.63, 3.8) is 0 Å². The van der Waals surface area contributed by atoms with Crippen LogP contribution < -0.4 is 9.47 Å². The zero-order chi connectivity index (χ0) is 18.6. The Morgan fingerprint density at radius 1 is 0.846 bits per heavy atom. The monoisotopic (exact) mass is 356 g/mol. The second-order valence-electron chi connectivity index (χ2n) is 5.51. The molecular weight excluding hydrogens is 335 g/mol. The summed E-state index contributed by atoms with van der Waals surface area (Å²) in [6, 6.07) is 10.8. The summed E-state index contributed by atoms with van der Waals surface area (Å²) in [6.07, 6.45) is 0. The van der Waals surface area contributed by atoms with Crippen LogP contribution in [0.2, 0.25) is 0 Å². The highest BCUT2D eigenvalue weighted by Crippen LogP contribution is 2.27. The first kappa shape index (κ1) is 20.8. The molecule has 0 aliphatic carbocycles. The molecule has 0 saturated heterocycles. The third-order valence-corrected chi connectivity index (χ3v) is 3.23. The number of hydrogen-bond acceptors (Lipinski definition) is 4. The van der Waals surface area contributed by atoms with Crippen molar-refractivity contribution >= 4 is 11.9 Å². The van der Waals surface area contributed by atoms with E-state index in [1.165, 1.54) is 19.1 Å². The molecule has 0 N–H and O–H groups in total. The van der Waals surface area contributed by atoms with Crippen molar-refractivity contribution in [2.24, 2.45) is 0 Å². The minimum atomic E-state index is -0.685. The molecule has 2 aromatic rings. The van der Waals surface area contributed by atoms with Crippen LogP contribution in [0.15, 0.2) is 66.8 Å². The number of rotatable bonds is 5. The molecule has 0 saturated carbocycles. The number of benzene rings is 2. The van der Waals surface area contributed by atoms with Crippen LogP contribution >= 0.6 is 0 Å². The highest BCUT2D eigenvalue weighted by atomic mass is 19.1. The largest absolute Gasteiger partial charge is 0.423 e. The van der Waals surface area contributed by atoms with Gasteiger partial charge in [-0.05, 0) is 49.2 Å². The van der Waals surface area contributed by atoms with Crippen molar-refractivity contribution in [2.45, 2.75) is 21.3 Å². The fourth-order valence-electron chi connectivity index (χ4n) is 1.86. The average Bonchev–Trinajstić information content (AvgIpc) is 2.57. The van der Waals surface area contributed by atoms with E-state index in [0.717, 1.165) is 0 Å². The van der Waals surface area contributed by atoms with E-state index in [1.54, 1.807) is 37.3 Å². The van der Waals surface area contributed by atoms with Crippen LogP contribution in [0.3, 0.4) is 0 Å². The zero-order valence-corrected chi connectivity index (χ0v) is 14.0. The highest BCUT2D eigenvalue weighted by Gasteiger charge is 2.12. The molecule has 4 nitrogen and oxygen atoms in total. The second-order valence-corrected chi connectivity index (χ2v) is 5.51. The van der Waals surface area contributed by atoms with Crippen LogP contribution in [0.25, 0.3) is 11.1 Å². The minimum absolute atomic E-state index is 0. The molecule has 0 atom stereocenters. The lowest BCUT2D eigenvalue weighted by atomic mass is 10.1. The molecule has 0 amide bonds. The van der Waals surface area contributed by atoms with E-state index in [2.05, 4.69) is 13.2 Å². The van der Waals surface area contributed by atoms with Gasteiger partial charge in [0.05, 0.1) is 0 Å². The molecule has 2 rings (SSSR count). The Hall–Kier alpha value is -3.21. The third kappa shape index (κ3) is 5.14. The van der Waals surface area contributed by atoms with Gasteiger partial charge in [0, 0.05) is 11.1 Å². The van der Waals surface area contributed by atoms with Crippen molar-refractivity contribution in [2.75, 3.05) is 0 Å². The first-order chi connectivity index (χ1) is 11.8. The number of carbonyl (C=O) groups excluding carboxylic acids is 2. The second kappa shape index (κ2) is 8.76. The molecule has 0 bridgehead atoms. The Balaban J connectivity index is 0.00000338. The maximum atomic E-state index is 14.1. The summed E-state index contributed by atoms with van der Waals surface area (Å²) < 4.78 is 24.1. The van der Waals surface area contributed by atoms with Gasteiger partial charge in [-0.15, -0.1) is 0 Å². The van der Waals surface area contributed by atoms with Crippen LogP contribution in [-0.4, -0.2) is 11.9 Å². The number of halogens is 1. The molecule has 26 heavy (non-hydrogen) atoms. The molecule has 0 aromatic heterocycles. The van der Waals surface area contributed by atoms with E-state index in [1.807, 2.05) is 0 Å². The summed E-state index contributed by atoms with van der Waals surface area (Å²) in [6.45, 7) is 10.00. The lowest BCUT2D eigenvalue weighted by Crippen LogP contribution is -2.09. The summed E-state index contributed by atoms with van der Waals surface area (Å²) >= 11 is 0. The van der Waals surface area contributed by atoms with E-state index in [4.69, 9.17) is 9.47 Å². The lowest BCUT2D eigenvalue weighted by molar-refractivity contribution is -0.131. The molecule has 0 aliphatic heterocycles. The predicted octanol–water partition coefficient (Wildman–Crippen LogP) is 5.09. The predicted molar refractivity (Wildman–Crippen MR) is 99.5 cm³/mol. The van der Waals surface area contributed by atoms with Crippen molar-refractivity contribution < 1.29 is 23.5 Å². The molecule has 0 aliphatic rings. The van der Waals surface area contributed by atoms with E-state index < -0.39 is 17.8 Å².